The maximum atomic E-state index is 8.51. The number of nitrogens with two attached hydrogens (primary N) is 1. The number of rotatable bonds is 7. The van der Waals surface area contributed by atoms with Crippen molar-refractivity contribution in [3.63, 3.8) is 0 Å². The van der Waals surface area contributed by atoms with Crippen molar-refractivity contribution in [2.24, 2.45) is 17.9 Å². The average molecular weight is 239 g/mol. The highest BCUT2D eigenvalue weighted by molar-refractivity contribution is 5.80. The van der Waals surface area contributed by atoms with E-state index in [1.165, 1.54) is 0 Å². The van der Waals surface area contributed by atoms with Crippen LogP contribution in [0, 0.1) is 0 Å². The van der Waals surface area contributed by atoms with E-state index in [9.17, 15) is 0 Å². The molecule has 0 radical (unpaired) electrons. The second kappa shape index (κ2) is 6.90. The predicted molar refractivity (Wildman–Crippen MR) is 67.0 cm³/mol. The van der Waals surface area contributed by atoms with E-state index in [4.69, 9.17) is 10.9 Å². The fourth-order valence-corrected chi connectivity index (χ4v) is 1.65. The van der Waals surface area contributed by atoms with E-state index in [1.807, 2.05) is 19.3 Å². The summed E-state index contributed by atoms with van der Waals surface area (Å²) in [5.41, 5.74) is 6.55. The van der Waals surface area contributed by atoms with Gasteiger partial charge in [0.25, 0.3) is 0 Å². The zero-order valence-electron chi connectivity index (χ0n) is 10.4. The zero-order chi connectivity index (χ0) is 12.7. The largest absolute Gasteiger partial charge is 0.409 e. The first-order valence-corrected chi connectivity index (χ1v) is 5.84. The fourth-order valence-electron chi connectivity index (χ4n) is 1.65. The van der Waals surface area contributed by atoms with E-state index in [0.717, 1.165) is 25.1 Å². The number of aryl methyl sites for hydroxylation is 1. The van der Waals surface area contributed by atoms with Crippen LogP contribution < -0.4 is 11.1 Å². The summed E-state index contributed by atoms with van der Waals surface area (Å²) in [7, 11) is 1.91. The van der Waals surface area contributed by atoms with Crippen LogP contribution in [0.5, 0.6) is 0 Å². The van der Waals surface area contributed by atoms with Gasteiger partial charge in [-0.15, -0.1) is 0 Å². The van der Waals surface area contributed by atoms with Crippen molar-refractivity contribution < 1.29 is 5.21 Å². The molecule has 1 rings (SSSR count). The van der Waals surface area contributed by atoms with Gasteiger partial charge in [-0.2, -0.15) is 5.10 Å². The Morgan fingerprint density at radius 3 is 3.00 bits per heavy atom. The molecule has 1 atom stereocenters. The van der Waals surface area contributed by atoms with Crippen LogP contribution in [0.1, 0.15) is 25.5 Å². The molecular formula is C11H21N5O. The number of hydrogen-bond acceptors (Lipinski definition) is 4. The first-order valence-electron chi connectivity index (χ1n) is 5.84. The molecule has 0 bridgehead atoms. The Labute approximate surface area is 101 Å². The molecule has 17 heavy (non-hydrogen) atoms. The highest BCUT2D eigenvalue weighted by atomic mass is 16.4. The number of amidine groups is 1. The molecular weight excluding hydrogens is 218 g/mol. The van der Waals surface area contributed by atoms with E-state index in [-0.39, 0.29) is 11.9 Å². The molecule has 0 aliphatic carbocycles. The quantitative estimate of drug-likeness (QED) is 0.279. The average Bonchev–Trinajstić information content (AvgIpc) is 2.73. The van der Waals surface area contributed by atoms with Gasteiger partial charge in [-0.25, -0.2) is 0 Å². The minimum atomic E-state index is 0.245. The molecule has 1 unspecified atom stereocenters. The number of nitrogens with zero attached hydrogens (tertiary/aromatic N) is 3. The summed E-state index contributed by atoms with van der Waals surface area (Å²) < 4.78 is 1.79. The monoisotopic (exact) mass is 239 g/mol. The van der Waals surface area contributed by atoms with Crippen molar-refractivity contribution in [1.82, 2.24) is 15.1 Å². The molecule has 6 heteroatoms. The zero-order valence-corrected chi connectivity index (χ0v) is 10.4. The summed E-state index contributed by atoms with van der Waals surface area (Å²) in [4.78, 5) is 0. The number of aromatic nitrogens is 2. The van der Waals surface area contributed by atoms with Gasteiger partial charge >= 0.3 is 0 Å². The Bertz CT molecular complexity index is 360. The summed E-state index contributed by atoms with van der Waals surface area (Å²) >= 11 is 0. The molecule has 0 aromatic carbocycles. The van der Waals surface area contributed by atoms with Crippen LogP contribution in [0.25, 0.3) is 0 Å². The van der Waals surface area contributed by atoms with E-state index in [1.54, 1.807) is 4.68 Å². The Hall–Kier alpha value is -1.56. The number of nitrogens with one attached hydrogen (secondary N) is 1. The smallest absolute Gasteiger partial charge is 0.140 e. The van der Waals surface area contributed by atoms with Gasteiger partial charge in [0, 0.05) is 38.7 Å². The molecule has 0 saturated carbocycles. The maximum Gasteiger partial charge on any atom is 0.140 e. The highest BCUT2D eigenvalue weighted by Gasteiger charge is 2.08. The second-order valence-electron chi connectivity index (χ2n) is 4.09. The normalized spacial score (nSPS) is 13.9. The van der Waals surface area contributed by atoms with Crippen molar-refractivity contribution in [2.45, 2.75) is 32.2 Å². The van der Waals surface area contributed by atoms with Crippen LogP contribution >= 0.6 is 0 Å². The van der Waals surface area contributed by atoms with Gasteiger partial charge in [-0.3, -0.25) is 4.68 Å². The molecule has 0 amide bonds. The van der Waals surface area contributed by atoms with Crippen LogP contribution in [-0.4, -0.2) is 33.4 Å². The third-order valence-electron chi connectivity index (χ3n) is 2.66. The molecule has 0 saturated heterocycles. The molecule has 6 nitrogen and oxygen atoms in total. The first kappa shape index (κ1) is 13.5. The summed E-state index contributed by atoms with van der Waals surface area (Å²) in [5, 5.41) is 19.2. The van der Waals surface area contributed by atoms with Gasteiger partial charge in [0.05, 0.1) is 5.69 Å². The lowest BCUT2D eigenvalue weighted by Crippen LogP contribution is -2.34. The fraction of sp³-hybridized carbons (Fsp3) is 0.636. The van der Waals surface area contributed by atoms with Crippen LogP contribution in [0.4, 0.5) is 0 Å². The van der Waals surface area contributed by atoms with Crippen LogP contribution in [-0.2, 0) is 13.5 Å². The second-order valence-corrected chi connectivity index (χ2v) is 4.09. The van der Waals surface area contributed by atoms with Crippen molar-refractivity contribution in [3.05, 3.63) is 18.0 Å². The SMILES string of the molecule is CCC(C/C(N)=N/O)NCCc1ccn(C)n1. The van der Waals surface area contributed by atoms with Crippen LogP contribution in [0.3, 0.4) is 0 Å². The van der Waals surface area contributed by atoms with Gasteiger partial charge < -0.3 is 16.3 Å². The van der Waals surface area contributed by atoms with Gasteiger partial charge in [0.2, 0.25) is 0 Å². The lowest BCUT2D eigenvalue weighted by molar-refractivity contribution is 0.315. The van der Waals surface area contributed by atoms with Gasteiger partial charge in [-0.1, -0.05) is 12.1 Å². The Kier molecular flexibility index (Phi) is 5.48. The third kappa shape index (κ3) is 4.86. The van der Waals surface area contributed by atoms with Crippen molar-refractivity contribution in [3.8, 4) is 0 Å². The molecule has 1 aromatic heterocycles. The Morgan fingerprint density at radius 1 is 1.71 bits per heavy atom. The van der Waals surface area contributed by atoms with Crippen LogP contribution in [0.2, 0.25) is 0 Å². The lowest BCUT2D eigenvalue weighted by atomic mass is 10.1. The van der Waals surface area contributed by atoms with E-state index >= 15 is 0 Å². The van der Waals surface area contributed by atoms with Gasteiger partial charge in [0.15, 0.2) is 0 Å². The predicted octanol–water partition coefficient (Wildman–Crippen LogP) is 0.467. The third-order valence-corrected chi connectivity index (χ3v) is 2.66. The van der Waals surface area contributed by atoms with Crippen molar-refractivity contribution in [2.75, 3.05) is 6.54 Å². The van der Waals surface area contributed by atoms with Crippen molar-refractivity contribution >= 4 is 5.84 Å². The summed E-state index contributed by atoms with van der Waals surface area (Å²) in [6.07, 6.45) is 4.32. The van der Waals surface area contributed by atoms with E-state index in [2.05, 4.69) is 22.5 Å². The van der Waals surface area contributed by atoms with Gasteiger partial charge in [0.1, 0.15) is 5.84 Å². The molecule has 96 valence electrons. The molecule has 0 fully saturated rings. The molecule has 0 aliphatic rings. The van der Waals surface area contributed by atoms with E-state index in [0.29, 0.717) is 6.42 Å². The molecule has 1 heterocycles. The number of hydrogen-bond donors (Lipinski definition) is 3. The maximum absolute atomic E-state index is 8.51. The summed E-state index contributed by atoms with van der Waals surface area (Å²) in [5.74, 6) is 0.266. The Balaban J connectivity index is 2.28. The van der Waals surface area contributed by atoms with E-state index < -0.39 is 0 Å². The van der Waals surface area contributed by atoms with Crippen molar-refractivity contribution in [1.29, 1.82) is 0 Å². The summed E-state index contributed by atoms with van der Waals surface area (Å²) in [6.45, 7) is 2.91. The lowest BCUT2D eigenvalue weighted by Gasteiger charge is -2.15. The minimum absolute atomic E-state index is 0.245. The molecule has 4 N–H and O–H groups in total. The standard InChI is InChI=1S/C11H21N5O/c1-3-9(8-11(12)15-17)13-6-4-10-5-7-16(2)14-10/h5,7,9,13,17H,3-4,6,8H2,1-2H3,(H2,12,15). The molecule has 0 spiro atoms. The molecule has 0 aliphatic heterocycles. The van der Waals surface area contributed by atoms with Gasteiger partial charge in [-0.05, 0) is 12.5 Å². The number of oxime groups is 1. The first-order chi connectivity index (χ1) is 8.15. The highest BCUT2D eigenvalue weighted by Crippen LogP contribution is 1.99. The van der Waals surface area contributed by atoms with Crippen LogP contribution in [0.15, 0.2) is 17.4 Å². The minimum Gasteiger partial charge on any atom is -0.409 e. The Morgan fingerprint density at radius 2 is 2.47 bits per heavy atom. The molecule has 1 aromatic rings. The topological polar surface area (TPSA) is 88.5 Å². The summed E-state index contributed by atoms with van der Waals surface area (Å²) in [6, 6.07) is 2.25.